The maximum absolute atomic E-state index is 3.50. The fourth-order valence-electron chi connectivity index (χ4n) is 1.26. The molecule has 0 fully saturated rings. The molecule has 0 amide bonds. The van der Waals surface area contributed by atoms with E-state index in [9.17, 15) is 0 Å². The first kappa shape index (κ1) is 12.9. The van der Waals surface area contributed by atoms with Crippen LogP contribution in [0.3, 0.4) is 0 Å². The van der Waals surface area contributed by atoms with Crippen LogP contribution in [0.5, 0.6) is 0 Å². The second-order valence-corrected chi connectivity index (χ2v) is 5.15. The van der Waals surface area contributed by atoms with Crippen molar-refractivity contribution in [2.24, 2.45) is 0 Å². The third kappa shape index (κ3) is 4.49. The average Bonchev–Trinajstić information content (AvgIpc) is 2.20. The Bertz CT molecular complexity index is 359. The molecule has 0 aliphatic carbocycles. The van der Waals surface area contributed by atoms with Crippen LogP contribution in [0.2, 0.25) is 0 Å². The van der Waals surface area contributed by atoms with Crippen LogP contribution in [0.4, 0.5) is 0 Å². The van der Waals surface area contributed by atoms with Crippen molar-refractivity contribution in [1.82, 2.24) is 5.32 Å². The van der Waals surface area contributed by atoms with Crippen LogP contribution < -0.4 is 5.32 Å². The molecule has 15 heavy (non-hydrogen) atoms. The van der Waals surface area contributed by atoms with Gasteiger partial charge in [-0.05, 0) is 63.0 Å². The summed E-state index contributed by atoms with van der Waals surface area (Å²) in [7, 11) is 0. The van der Waals surface area contributed by atoms with Gasteiger partial charge in [-0.2, -0.15) is 0 Å². The monoisotopic (exact) mass is 331 g/mol. The molecule has 0 saturated carbocycles. The Hall–Kier alpha value is -0.120. The highest BCUT2D eigenvalue weighted by molar-refractivity contribution is 9.13. The normalized spacial score (nSPS) is 11.9. The Morgan fingerprint density at radius 1 is 1.33 bits per heavy atom. The van der Waals surface area contributed by atoms with Crippen LogP contribution in [0.1, 0.15) is 19.4 Å². The lowest BCUT2D eigenvalue weighted by Crippen LogP contribution is -2.14. The number of halogens is 2. The van der Waals surface area contributed by atoms with E-state index in [1.165, 1.54) is 11.1 Å². The molecule has 0 bridgehead atoms. The Morgan fingerprint density at radius 3 is 2.67 bits per heavy atom. The van der Waals surface area contributed by atoms with Gasteiger partial charge in [-0.15, -0.1) is 0 Å². The zero-order valence-corrected chi connectivity index (χ0v) is 12.2. The van der Waals surface area contributed by atoms with Gasteiger partial charge in [-0.25, -0.2) is 0 Å². The summed E-state index contributed by atoms with van der Waals surface area (Å²) < 4.78 is 2.18. The van der Waals surface area contributed by atoms with Crippen molar-refractivity contribution >= 4 is 37.9 Å². The van der Waals surface area contributed by atoms with E-state index in [2.05, 4.69) is 75.3 Å². The predicted molar refractivity (Wildman–Crippen MR) is 74.0 cm³/mol. The molecule has 3 heteroatoms. The highest BCUT2D eigenvalue weighted by Crippen LogP contribution is 2.24. The van der Waals surface area contributed by atoms with E-state index < -0.39 is 0 Å². The molecule has 1 nitrogen and oxygen atoms in total. The van der Waals surface area contributed by atoms with Gasteiger partial charge in [0, 0.05) is 15.5 Å². The molecular weight excluding hydrogens is 318 g/mol. The summed E-state index contributed by atoms with van der Waals surface area (Å²) in [5.74, 6) is 0. The van der Waals surface area contributed by atoms with Crippen molar-refractivity contribution < 1.29 is 0 Å². The Labute approximate surface area is 108 Å². The molecule has 1 N–H and O–H groups in total. The lowest BCUT2D eigenvalue weighted by molar-refractivity contribution is 0.778. The quantitative estimate of drug-likeness (QED) is 0.870. The van der Waals surface area contributed by atoms with E-state index in [0.717, 1.165) is 22.0 Å². The second-order valence-electron chi connectivity index (χ2n) is 3.44. The van der Waals surface area contributed by atoms with Crippen LogP contribution in [0.15, 0.2) is 32.7 Å². The summed E-state index contributed by atoms with van der Waals surface area (Å²) in [6, 6.07) is 6.26. The van der Waals surface area contributed by atoms with Gasteiger partial charge < -0.3 is 5.32 Å². The molecule has 0 atom stereocenters. The Morgan fingerprint density at radius 2 is 2.07 bits per heavy atom. The van der Waals surface area contributed by atoms with Crippen molar-refractivity contribution in [3.05, 3.63) is 38.3 Å². The van der Waals surface area contributed by atoms with Gasteiger partial charge in [0.15, 0.2) is 0 Å². The van der Waals surface area contributed by atoms with Gasteiger partial charge >= 0.3 is 0 Å². The van der Waals surface area contributed by atoms with E-state index in [1.807, 2.05) is 0 Å². The van der Waals surface area contributed by atoms with Gasteiger partial charge in [-0.1, -0.05) is 24.6 Å². The third-order valence-corrected chi connectivity index (χ3v) is 3.89. The van der Waals surface area contributed by atoms with E-state index in [-0.39, 0.29) is 0 Å². The van der Waals surface area contributed by atoms with Crippen molar-refractivity contribution in [3.8, 4) is 0 Å². The molecule has 1 aromatic carbocycles. The zero-order chi connectivity index (χ0) is 11.3. The summed E-state index contributed by atoms with van der Waals surface area (Å²) in [4.78, 5) is 0. The molecule has 0 aliphatic heterocycles. The number of likely N-dealkylation sites (N-methyl/N-ethyl adjacent to an activating group) is 1. The van der Waals surface area contributed by atoms with Crippen LogP contribution in [0.25, 0.3) is 6.08 Å². The maximum atomic E-state index is 3.50. The SMILES string of the molecule is CCNC/C(C)=C/c1ccc(Br)c(Br)c1. The van der Waals surface area contributed by atoms with E-state index >= 15 is 0 Å². The molecule has 82 valence electrons. The molecule has 0 aliphatic rings. The molecule has 1 rings (SSSR count). The zero-order valence-electron chi connectivity index (χ0n) is 8.98. The summed E-state index contributed by atoms with van der Waals surface area (Å²) in [5.41, 5.74) is 2.56. The number of hydrogen-bond donors (Lipinski definition) is 1. The largest absolute Gasteiger partial charge is 0.313 e. The minimum absolute atomic E-state index is 0.949. The fourth-order valence-corrected chi connectivity index (χ4v) is 1.90. The number of benzene rings is 1. The van der Waals surface area contributed by atoms with Crippen LogP contribution in [0, 0.1) is 0 Å². The van der Waals surface area contributed by atoms with Crippen molar-refractivity contribution in [2.75, 3.05) is 13.1 Å². The molecule has 0 radical (unpaired) electrons. The molecule has 0 aromatic heterocycles. The molecule has 0 heterocycles. The minimum Gasteiger partial charge on any atom is -0.313 e. The molecule has 0 saturated heterocycles. The average molecular weight is 333 g/mol. The summed E-state index contributed by atoms with van der Waals surface area (Å²) >= 11 is 6.95. The number of nitrogens with one attached hydrogen (secondary N) is 1. The predicted octanol–water partition coefficient (Wildman–Crippen LogP) is 4.22. The van der Waals surface area contributed by atoms with Gasteiger partial charge in [0.2, 0.25) is 0 Å². The van der Waals surface area contributed by atoms with Crippen LogP contribution in [-0.2, 0) is 0 Å². The van der Waals surface area contributed by atoms with Crippen molar-refractivity contribution in [2.45, 2.75) is 13.8 Å². The molecule has 1 aromatic rings. The van der Waals surface area contributed by atoms with Crippen molar-refractivity contribution in [1.29, 1.82) is 0 Å². The number of rotatable bonds is 4. The van der Waals surface area contributed by atoms with E-state index in [0.29, 0.717) is 0 Å². The van der Waals surface area contributed by atoms with E-state index in [4.69, 9.17) is 0 Å². The first-order valence-electron chi connectivity index (χ1n) is 4.96. The maximum Gasteiger partial charge on any atom is 0.0323 e. The summed E-state index contributed by atoms with van der Waals surface area (Å²) in [6.45, 7) is 6.21. The Balaban J connectivity index is 2.75. The number of hydrogen-bond acceptors (Lipinski definition) is 1. The minimum atomic E-state index is 0.949. The van der Waals surface area contributed by atoms with Gasteiger partial charge in [-0.3, -0.25) is 0 Å². The van der Waals surface area contributed by atoms with Crippen molar-refractivity contribution in [3.63, 3.8) is 0 Å². The smallest absolute Gasteiger partial charge is 0.0323 e. The van der Waals surface area contributed by atoms with Gasteiger partial charge in [0.1, 0.15) is 0 Å². The fraction of sp³-hybridized carbons (Fsp3) is 0.333. The first-order chi connectivity index (χ1) is 7.13. The van der Waals surface area contributed by atoms with Crippen LogP contribution in [-0.4, -0.2) is 13.1 Å². The molecular formula is C12H15Br2N. The lowest BCUT2D eigenvalue weighted by atomic mass is 10.1. The topological polar surface area (TPSA) is 12.0 Å². The lowest BCUT2D eigenvalue weighted by Gasteiger charge is -2.03. The van der Waals surface area contributed by atoms with Gasteiger partial charge in [0.05, 0.1) is 0 Å². The standard InChI is InChI=1S/C12H15Br2N/c1-3-15-8-9(2)6-10-4-5-11(13)12(14)7-10/h4-7,15H,3,8H2,1-2H3/b9-6+. The highest BCUT2D eigenvalue weighted by Gasteiger charge is 1.97. The molecule has 0 spiro atoms. The molecule has 0 unspecified atom stereocenters. The second kappa shape index (κ2) is 6.46. The summed E-state index contributed by atoms with van der Waals surface area (Å²) in [6.07, 6.45) is 2.19. The highest BCUT2D eigenvalue weighted by atomic mass is 79.9. The van der Waals surface area contributed by atoms with Gasteiger partial charge in [0.25, 0.3) is 0 Å². The first-order valence-corrected chi connectivity index (χ1v) is 6.55. The Kier molecular flexibility index (Phi) is 5.58. The van der Waals surface area contributed by atoms with Crippen LogP contribution >= 0.6 is 31.9 Å². The van der Waals surface area contributed by atoms with E-state index in [1.54, 1.807) is 0 Å². The third-order valence-electron chi connectivity index (χ3n) is 2.01. The summed E-state index contributed by atoms with van der Waals surface area (Å²) in [5, 5.41) is 3.30.